The lowest BCUT2D eigenvalue weighted by Crippen LogP contribution is -2.22. The third-order valence-electron chi connectivity index (χ3n) is 2.40. The van der Waals surface area contributed by atoms with Gasteiger partial charge in [0, 0.05) is 12.6 Å². The van der Waals surface area contributed by atoms with Crippen molar-refractivity contribution in [2.45, 2.75) is 19.4 Å². The topological polar surface area (TPSA) is 58.6 Å². The highest BCUT2D eigenvalue weighted by Crippen LogP contribution is 2.16. The lowest BCUT2D eigenvalue weighted by Gasteiger charge is -2.13. The first-order valence-electron chi connectivity index (χ1n) is 5.22. The van der Waals surface area contributed by atoms with Crippen LogP contribution in [-0.4, -0.2) is 24.7 Å². The van der Waals surface area contributed by atoms with E-state index >= 15 is 0 Å². The van der Waals surface area contributed by atoms with E-state index in [1.807, 2.05) is 19.1 Å². The molecule has 0 bridgehead atoms. The van der Waals surface area contributed by atoms with Gasteiger partial charge in [0.15, 0.2) is 0 Å². The second-order valence-electron chi connectivity index (χ2n) is 3.59. The molecule has 16 heavy (non-hydrogen) atoms. The number of benzene rings is 1. The van der Waals surface area contributed by atoms with Gasteiger partial charge >= 0.3 is 5.97 Å². The van der Waals surface area contributed by atoms with Crippen LogP contribution in [0.25, 0.3) is 0 Å². The van der Waals surface area contributed by atoms with Crippen molar-refractivity contribution >= 4 is 5.97 Å². The number of carbonyl (C=O) groups is 1. The molecule has 0 aliphatic carbocycles. The van der Waals surface area contributed by atoms with Gasteiger partial charge in [0.2, 0.25) is 0 Å². The maximum atomic E-state index is 10.9. The van der Waals surface area contributed by atoms with Crippen molar-refractivity contribution in [2.75, 3.05) is 13.7 Å². The summed E-state index contributed by atoms with van der Waals surface area (Å²) in [7, 11) is 1.38. The zero-order valence-electron chi connectivity index (χ0n) is 9.56. The fraction of sp³-hybridized carbons (Fsp3) is 0.417. The molecule has 88 valence electrons. The molecule has 0 fully saturated rings. The summed E-state index contributed by atoms with van der Waals surface area (Å²) >= 11 is 0. The first-order valence-corrected chi connectivity index (χ1v) is 5.22. The van der Waals surface area contributed by atoms with Crippen molar-refractivity contribution in [1.29, 1.82) is 0 Å². The van der Waals surface area contributed by atoms with Gasteiger partial charge in [-0.15, -0.1) is 0 Å². The van der Waals surface area contributed by atoms with Crippen molar-refractivity contribution in [3.05, 3.63) is 29.8 Å². The Hall–Kier alpha value is -1.55. The molecule has 1 unspecified atom stereocenters. The minimum atomic E-state index is -0.217. The number of hydrogen-bond donors (Lipinski definition) is 2. The molecule has 4 heteroatoms. The van der Waals surface area contributed by atoms with Crippen molar-refractivity contribution in [2.24, 2.45) is 0 Å². The minimum absolute atomic E-state index is 0.144. The summed E-state index contributed by atoms with van der Waals surface area (Å²) in [5.41, 5.74) is 1.07. The van der Waals surface area contributed by atoms with E-state index in [4.69, 9.17) is 5.11 Å². The van der Waals surface area contributed by atoms with Gasteiger partial charge in [-0.25, -0.2) is 0 Å². The molecule has 4 nitrogen and oxygen atoms in total. The Morgan fingerprint density at radius 1 is 1.44 bits per heavy atom. The van der Waals surface area contributed by atoms with Gasteiger partial charge in [0.1, 0.15) is 5.75 Å². The molecule has 1 rings (SSSR count). The highest BCUT2D eigenvalue weighted by atomic mass is 16.5. The number of phenols is 1. The first-order chi connectivity index (χ1) is 7.63. The Balaban J connectivity index is 2.37. The average molecular weight is 223 g/mol. The molecule has 0 saturated heterocycles. The second-order valence-corrected chi connectivity index (χ2v) is 3.59. The van der Waals surface area contributed by atoms with Crippen LogP contribution in [0.15, 0.2) is 24.3 Å². The van der Waals surface area contributed by atoms with E-state index in [-0.39, 0.29) is 17.8 Å². The van der Waals surface area contributed by atoms with Crippen molar-refractivity contribution in [1.82, 2.24) is 5.32 Å². The Morgan fingerprint density at radius 3 is 2.62 bits per heavy atom. The van der Waals surface area contributed by atoms with E-state index in [0.29, 0.717) is 13.0 Å². The highest BCUT2D eigenvalue weighted by molar-refractivity contribution is 5.69. The van der Waals surface area contributed by atoms with Crippen LogP contribution in [0, 0.1) is 0 Å². The van der Waals surface area contributed by atoms with Crippen LogP contribution >= 0.6 is 0 Å². The van der Waals surface area contributed by atoms with Gasteiger partial charge in [-0.1, -0.05) is 12.1 Å². The number of hydrogen-bond acceptors (Lipinski definition) is 4. The average Bonchev–Trinajstić information content (AvgIpc) is 2.29. The predicted octanol–water partition coefficient (Wildman–Crippen LogP) is 1.61. The summed E-state index contributed by atoms with van der Waals surface area (Å²) in [5.74, 6) is 0.0379. The van der Waals surface area contributed by atoms with Gasteiger partial charge in [-0.3, -0.25) is 4.79 Å². The number of methoxy groups -OCH3 is 1. The number of phenolic OH excluding ortho intramolecular Hbond substituents is 1. The zero-order valence-corrected chi connectivity index (χ0v) is 9.56. The van der Waals surface area contributed by atoms with E-state index in [0.717, 1.165) is 5.56 Å². The maximum Gasteiger partial charge on any atom is 0.306 e. The molecule has 0 aromatic heterocycles. The third kappa shape index (κ3) is 3.90. The van der Waals surface area contributed by atoms with Crippen LogP contribution in [0.1, 0.15) is 24.9 Å². The minimum Gasteiger partial charge on any atom is -0.508 e. The van der Waals surface area contributed by atoms with Gasteiger partial charge < -0.3 is 15.2 Å². The summed E-state index contributed by atoms with van der Waals surface area (Å²) in [6.45, 7) is 2.58. The first kappa shape index (κ1) is 12.5. The smallest absolute Gasteiger partial charge is 0.306 e. The number of carbonyl (C=O) groups excluding carboxylic acids is 1. The number of ether oxygens (including phenoxy) is 1. The molecule has 0 radical (unpaired) electrons. The van der Waals surface area contributed by atoms with Crippen LogP contribution in [0.4, 0.5) is 0 Å². The van der Waals surface area contributed by atoms with Crippen LogP contribution in [0.3, 0.4) is 0 Å². The zero-order chi connectivity index (χ0) is 12.0. The SMILES string of the molecule is COC(=O)CCNC(C)c1ccc(O)cc1. The Bertz CT molecular complexity index is 335. The molecule has 1 atom stereocenters. The number of rotatable bonds is 5. The van der Waals surface area contributed by atoms with E-state index in [1.165, 1.54) is 7.11 Å². The van der Waals surface area contributed by atoms with Crippen molar-refractivity contribution in [3.8, 4) is 5.75 Å². The molecular formula is C12H17NO3. The van der Waals surface area contributed by atoms with Crippen LogP contribution in [0.5, 0.6) is 5.75 Å². The van der Waals surface area contributed by atoms with Gasteiger partial charge in [0.05, 0.1) is 13.5 Å². The van der Waals surface area contributed by atoms with E-state index in [1.54, 1.807) is 12.1 Å². The Labute approximate surface area is 95.2 Å². The standard InChI is InChI=1S/C12H17NO3/c1-9(13-8-7-12(15)16-2)10-3-5-11(14)6-4-10/h3-6,9,13-14H,7-8H2,1-2H3. The number of aromatic hydroxyl groups is 1. The van der Waals surface area contributed by atoms with E-state index in [2.05, 4.69) is 10.1 Å². The monoisotopic (exact) mass is 223 g/mol. The molecule has 0 heterocycles. The van der Waals surface area contributed by atoms with Crippen LogP contribution in [0.2, 0.25) is 0 Å². The maximum absolute atomic E-state index is 10.9. The molecule has 0 spiro atoms. The predicted molar refractivity (Wildman–Crippen MR) is 61.2 cm³/mol. The van der Waals surface area contributed by atoms with Crippen molar-refractivity contribution < 1.29 is 14.6 Å². The summed E-state index contributed by atoms with van der Waals surface area (Å²) in [6.07, 6.45) is 0.360. The summed E-state index contributed by atoms with van der Waals surface area (Å²) in [4.78, 5) is 10.9. The second kappa shape index (κ2) is 6.12. The summed E-state index contributed by atoms with van der Waals surface area (Å²) < 4.78 is 4.54. The van der Waals surface area contributed by atoms with Gasteiger partial charge in [-0.2, -0.15) is 0 Å². The Morgan fingerprint density at radius 2 is 2.06 bits per heavy atom. The van der Waals surface area contributed by atoms with E-state index < -0.39 is 0 Å². The highest BCUT2D eigenvalue weighted by Gasteiger charge is 2.05. The van der Waals surface area contributed by atoms with E-state index in [9.17, 15) is 4.79 Å². The lowest BCUT2D eigenvalue weighted by atomic mass is 10.1. The normalized spacial score (nSPS) is 12.1. The largest absolute Gasteiger partial charge is 0.508 e. The third-order valence-corrected chi connectivity index (χ3v) is 2.40. The molecular weight excluding hydrogens is 206 g/mol. The summed E-state index contributed by atoms with van der Waals surface area (Å²) in [5, 5.41) is 12.3. The molecule has 0 amide bonds. The molecule has 0 saturated carbocycles. The number of esters is 1. The quantitative estimate of drug-likeness (QED) is 0.744. The molecule has 2 N–H and O–H groups in total. The van der Waals surface area contributed by atoms with Crippen molar-refractivity contribution in [3.63, 3.8) is 0 Å². The molecule has 1 aromatic carbocycles. The fourth-order valence-corrected chi connectivity index (χ4v) is 1.37. The fourth-order valence-electron chi connectivity index (χ4n) is 1.37. The summed E-state index contributed by atoms with van der Waals surface area (Å²) in [6, 6.07) is 7.14. The molecule has 0 aliphatic rings. The molecule has 1 aromatic rings. The number of nitrogens with one attached hydrogen (secondary N) is 1. The van der Waals surface area contributed by atoms with Gasteiger partial charge in [0.25, 0.3) is 0 Å². The van der Waals surface area contributed by atoms with Gasteiger partial charge in [-0.05, 0) is 24.6 Å². The van der Waals surface area contributed by atoms with Crippen LogP contribution in [-0.2, 0) is 9.53 Å². The van der Waals surface area contributed by atoms with Crippen LogP contribution < -0.4 is 5.32 Å². The lowest BCUT2D eigenvalue weighted by molar-refractivity contribution is -0.140. The Kier molecular flexibility index (Phi) is 4.79. The molecule has 0 aliphatic heterocycles.